The van der Waals surface area contributed by atoms with E-state index in [1.54, 1.807) is 12.1 Å². The van der Waals surface area contributed by atoms with Crippen LogP contribution >= 0.6 is 23.2 Å². The van der Waals surface area contributed by atoms with Crippen LogP contribution in [0.15, 0.2) is 52.4 Å². The molecule has 1 aliphatic carbocycles. The Bertz CT molecular complexity index is 953. The summed E-state index contributed by atoms with van der Waals surface area (Å²) >= 11 is 12.5. The van der Waals surface area contributed by atoms with Gasteiger partial charge >= 0.3 is 0 Å². The lowest BCUT2D eigenvalue weighted by atomic mass is 9.87. The van der Waals surface area contributed by atoms with Gasteiger partial charge < -0.3 is 16.2 Å². The minimum absolute atomic E-state index is 0.225. The molecule has 1 saturated carbocycles. The summed E-state index contributed by atoms with van der Waals surface area (Å²) in [5, 5.41) is 1.05. The lowest BCUT2D eigenvalue weighted by molar-refractivity contribution is 0.305. The van der Waals surface area contributed by atoms with Gasteiger partial charge in [0.2, 0.25) is 11.9 Å². The maximum atomic E-state index is 6.52. The fraction of sp³-hybridized carbons (Fsp3) is 0.300. The average molecular weight is 418 g/mol. The van der Waals surface area contributed by atoms with Crippen molar-refractivity contribution in [3.8, 4) is 11.5 Å². The summed E-state index contributed by atoms with van der Waals surface area (Å²) in [5.41, 5.74) is 12.5. The van der Waals surface area contributed by atoms with Gasteiger partial charge in [-0.3, -0.25) is 4.90 Å². The molecule has 6 nitrogen and oxygen atoms in total. The van der Waals surface area contributed by atoms with Crippen LogP contribution in [0, 0.1) is 0 Å². The number of nitrogens with zero attached hydrogens (tertiary/aromatic N) is 3. The molecule has 4 rings (SSSR count). The molecule has 0 aromatic heterocycles. The Morgan fingerprint density at radius 1 is 1.00 bits per heavy atom. The van der Waals surface area contributed by atoms with Crippen molar-refractivity contribution in [2.75, 3.05) is 4.90 Å². The van der Waals surface area contributed by atoms with Gasteiger partial charge in [-0.2, -0.15) is 4.99 Å². The van der Waals surface area contributed by atoms with Crippen LogP contribution in [0.4, 0.5) is 5.69 Å². The fourth-order valence-electron chi connectivity index (χ4n) is 3.86. The summed E-state index contributed by atoms with van der Waals surface area (Å²) < 4.78 is 5.87. The van der Waals surface area contributed by atoms with Gasteiger partial charge in [0.15, 0.2) is 0 Å². The molecule has 28 heavy (non-hydrogen) atoms. The zero-order chi connectivity index (χ0) is 19.7. The molecule has 0 bridgehead atoms. The molecule has 2 aliphatic rings. The third-order valence-corrected chi connectivity index (χ3v) is 5.58. The van der Waals surface area contributed by atoms with Gasteiger partial charge in [0, 0.05) is 10.7 Å². The molecule has 4 N–H and O–H groups in total. The maximum Gasteiger partial charge on any atom is 0.220 e. The van der Waals surface area contributed by atoms with E-state index < -0.39 is 5.66 Å². The molecule has 2 aromatic carbocycles. The number of benzene rings is 2. The molecule has 0 radical (unpaired) electrons. The van der Waals surface area contributed by atoms with Crippen molar-refractivity contribution in [2.24, 2.45) is 21.5 Å². The SMILES string of the molecule is NC1=NC2(CCCCC2)N(c2ccc(Oc3cccc(Cl)c3)c(Cl)c2)C(N)=N1. The van der Waals surface area contributed by atoms with Gasteiger partial charge in [-0.25, -0.2) is 4.99 Å². The summed E-state index contributed by atoms with van der Waals surface area (Å²) in [7, 11) is 0. The van der Waals surface area contributed by atoms with Crippen molar-refractivity contribution in [1.82, 2.24) is 0 Å². The van der Waals surface area contributed by atoms with Crippen molar-refractivity contribution >= 4 is 40.8 Å². The molecule has 1 fully saturated rings. The van der Waals surface area contributed by atoms with Gasteiger partial charge in [-0.05, 0) is 62.1 Å². The number of guanidine groups is 2. The Morgan fingerprint density at radius 3 is 2.50 bits per heavy atom. The summed E-state index contributed by atoms with van der Waals surface area (Å²) in [5.74, 6) is 1.69. The molecule has 1 aliphatic heterocycles. The first kappa shape index (κ1) is 18.9. The third-order valence-electron chi connectivity index (χ3n) is 5.05. The first-order chi connectivity index (χ1) is 13.5. The van der Waals surface area contributed by atoms with Crippen molar-refractivity contribution in [3.05, 3.63) is 52.5 Å². The molecule has 146 valence electrons. The van der Waals surface area contributed by atoms with Crippen LogP contribution < -0.4 is 21.1 Å². The molecular formula is C20H21Cl2N5O. The predicted molar refractivity (Wildman–Crippen MR) is 115 cm³/mol. The Balaban J connectivity index is 1.66. The zero-order valence-electron chi connectivity index (χ0n) is 15.2. The van der Waals surface area contributed by atoms with Gasteiger partial charge in [0.1, 0.15) is 17.2 Å². The molecule has 0 unspecified atom stereocenters. The fourth-order valence-corrected chi connectivity index (χ4v) is 4.26. The van der Waals surface area contributed by atoms with E-state index in [9.17, 15) is 0 Å². The molecule has 0 amide bonds. The molecule has 0 saturated heterocycles. The largest absolute Gasteiger partial charge is 0.456 e. The van der Waals surface area contributed by atoms with Crippen molar-refractivity contribution < 1.29 is 4.74 Å². The normalized spacial score (nSPS) is 18.6. The predicted octanol–water partition coefficient (Wildman–Crippen LogP) is 4.90. The maximum absolute atomic E-state index is 6.52. The lowest BCUT2D eigenvalue weighted by Gasteiger charge is -2.45. The second kappa shape index (κ2) is 7.53. The Kier molecular flexibility index (Phi) is 5.08. The molecule has 2 aromatic rings. The van der Waals surface area contributed by atoms with Crippen LogP contribution in [0.5, 0.6) is 11.5 Å². The van der Waals surface area contributed by atoms with Crippen LogP contribution in [-0.4, -0.2) is 17.6 Å². The number of nitrogens with two attached hydrogens (primary N) is 2. The van der Waals surface area contributed by atoms with Gasteiger partial charge in [0.05, 0.1) is 5.02 Å². The van der Waals surface area contributed by atoms with E-state index in [0.717, 1.165) is 31.4 Å². The second-order valence-corrected chi connectivity index (χ2v) is 7.84. The van der Waals surface area contributed by atoms with Crippen molar-refractivity contribution in [3.63, 3.8) is 0 Å². The topological polar surface area (TPSA) is 89.2 Å². The molecule has 1 spiro atoms. The monoisotopic (exact) mass is 417 g/mol. The number of aliphatic imine (C=N–C) groups is 2. The third kappa shape index (κ3) is 3.62. The molecule has 0 atom stereocenters. The Hall–Kier alpha value is -2.44. The zero-order valence-corrected chi connectivity index (χ0v) is 16.7. The van der Waals surface area contributed by atoms with Crippen molar-refractivity contribution in [2.45, 2.75) is 37.8 Å². The second-order valence-electron chi connectivity index (χ2n) is 6.99. The first-order valence-corrected chi connectivity index (χ1v) is 9.95. The summed E-state index contributed by atoms with van der Waals surface area (Å²) in [6.07, 6.45) is 5.02. The highest BCUT2D eigenvalue weighted by atomic mass is 35.5. The minimum atomic E-state index is -0.507. The van der Waals surface area contributed by atoms with E-state index in [0.29, 0.717) is 27.5 Å². The van der Waals surface area contributed by atoms with Crippen LogP contribution in [0.2, 0.25) is 10.0 Å². The highest BCUT2D eigenvalue weighted by Crippen LogP contribution is 2.41. The standard InChI is InChI=1S/C20H21Cl2N5O/c21-13-5-4-6-15(11-13)28-17-8-7-14(12-16(17)22)27-19(24)25-18(23)26-20(27)9-2-1-3-10-20/h4-8,11-12H,1-3,9-10H2,(H4,23,24,25,26). The number of hydrogen-bond donors (Lipinski definition) is 2. The van der Waals surface area contributed by atoms with Crippen LogP contribution in [0.25, 0.3) is 0 Å². The van der Waals surface area contributed by atoms with E-state index in [-0.39, 0.29) is 5.96 Å². The molecular weight excluding hydrogens is 397 g/mol. The van der Waals surface area contributed by atoms with Gasteiger partial charge in [-0.15, -0.1) is 0 Å². The van der Waals surface area contributed by atoms with Crippen LogP contribution in [-0.2, 0) is 0 Å². The first-order valence-electron chi connectivity index (χ1n) is 9.20. The van der Waals surface area contributed by atoms with Crippen LogP contribution in [0.1, 0.15) is 32.1 Å². The number of anilines is 1. The van der Waals surface area contributed by atoms with E-state index >= 15 is 0 Å². The average Bonchev–Trinajstić information content (AvgIpc) is 2.64. The van der Waals surface area contributed by atoms with Crippen molar-refractivity contribution in [1.29, 1.82) is 0 Å². The molecule has 1 heterocycles. The number of rotatable bonds is 3. The van der Waals surface area contributed by atoms with Crippen LogP contribution in [0.3, 0.4) is 0 Å². The summed E-state index contributed by atoms with van der Waals surface area (Å²) in [4.78, 5) is 10.8. The van der Waals surface area contributed by atoms with E-state index in [1.165, 1.54) is 6.42 Å². The quantitative estimate of drug-likeness (QED) is 0.742. The Morgan fingerprint density at radius 2 is 1.79 bits per heavy atom. The van der Waals surface area contributed by atoms with Gasteiger partial charge in [-0.1, -0.05) is 35.7 Å². The van der Waals surface area contributed by atoms with Gasteiger partial charge in [0.25, 0.3) is 0 Å². The van der Waals surface area contributed by atoms with E-state index in [1.807, 2.05) is 35.2 Å². The lowest BCUT2D eigenvalue weighted by Crippen LogP contribution is -2.58. The number of halogens is 2. The highest BCUT2D eigenvalue weighted by molar-refractivity contribution is 6.32. The number of hydrogen-bond acceptors (Lipinski definition) is 6. The van der Waals surface area contributed by atoms with E-state index in [4.69, 9.17) is 39.4 Å². The smallest absolute Gasteiger partial charge is 0.220 e. The Labute approximate surface area is 173 Å². The summed E-state index contributed by atoms with van der Waals surface area (Å²) in [6, 6.07) is 12.7. The van der Waals surface area contributed by atoms with E-state index in [2.05, 4.69) is 9.98 Å². The minimum Gasteiger partial charge on any atom is -0.456 e. The molecule has 8 heteroatoms. The number of ether oxygens (including phenoxy) is 1. The summed E-state index contributed by atoms with van der Waals surface area (Å²) in [6.45, 7) is 0. The highest BCUT2D eigenvalue weighted by Gasteiger charge is 2.42.